The second kappa shape index (κ2) is 4.23. The molecule has 0 spiro atoms. The van der Waals surface area contributed by atoms with Crippen molar-refractivity contribution < 1.29 is 4.79 Å². The highest BCUT2D eigenvalue weighted by Crippen LogP contribution is 2.30. The summed E-state index contributed by atoms with van der Waals surface area (Å²) in [6.07, 6.45) is 4.72. The Labute approximate surface area is 81.3 Å². The van der Waals surface area contributed by atoms with Crippen molar-refractivity contribution >= 4 is 6.29 Å². The van der Waals surface area contributed by atoms with Gasteiger partial charge in [0, 0.05) is 18.0 Å². The molecule has 0 radical (unpaired) electrons. The van der Waals surface area contributed by atoms with Crippen molar-refractivity contribution in [1.29, 1.82) is 0 Å². The second-order valence-electron chi connectivity index (χ2n) is 4.42. The summed E-state index contributed by atoms with van der Waals surface area (Å²) < 4.78 is 0. The first-order valence-corrected chi connectivity index (χ1v) is 5.35. The lowest BCUT2D eigenvalue weighted by Crippen LogP contribution is -2.38. The van der Waals surface area contributed by atoms with Gasteiger partial charge in [-0.15, -0.1) is 0 Å². The van der Waals surface area contributed by atoms with Crippen LogP contribution in [0.2, 0.25) is 0 Å². The Hall–Kier alpha value is -0.370. The maximum atomic E-state index is 10.9. The highest BCUT2D eigenvalue weighted by atomic mass is 16.1. The summed E-state index contributed by atoms with van der Waals surface area (Å²) in [6, 6.07) is 0.774. The van der Waals surface area contributed by atoms with Crippen LogP contribution in [0.4, 0.5) is 0 Å². The fraction of sp³-hybridized carbons (Fsp3) is 0.909. The van der Waals surface area contributed by atoms with Crippen LogP contribution >= 0.6 is 0 Å². The number of carbonyl (C=O) groups excluding carboxylic acids is 1. The SMILES string of the molecule is CCN(CC(C)(C=O)CC)C1CC1. The Morgan fingerprint density at radius 3 is 2.38 bits per heavy atom. The van der Waals surface area contributed by atoms with Crippen LogP contribution in [-0.2, 0) is 4.79 Å². The van der Waals surface area contributed by atoms with E-state index in [4.69, 9.17) is 0 Å². The molecule has 1 fully saturated rings. The number of aldehydes is 1. The van der Waals surface area contributed by atoms with E-state index in [-0.39, 0.29) is 5.41 Å². The smallest absolute Gasteiger partial charge is 0.127 e. The van der Waals surface area contributed by atoms with Crippen LogP contribution in [0.1, 0.15) is 40.0 Å². The predicted molar refractivity (Wildman–Crippen MR) is 54.7 cm³/mol. The summed E-state index contributed by atoms with van der Waals surface area (Å²) in [4.78, 5) is 13.4. The molecule has 1 rings (SSSR count). The van der Waals surface area contributed by atoms with E-state index in [9.17, 15) is 4.79 Å². The molecule has 76 valence electrons. The molecule has 1 unspecified atom stereocenters. The molecule has 0 aromatic heterocycles. The molecule has 0 saturated heterocycles. The molecule has 0 N–H and O–H groups in total. The second-order valence-corrected chi connectivity index (χ2v) is 4.42. The minimum absolute atomic E-state index is 0.126. The number of nitrogens with zero attached hydrogens (tertiary/aromatic N) is 1. The van der Waals surface area contributed by atoms with E-state index in [2.05, 4.69) is 25.7 Å². The monoisotopic (exact) mass is 183 g/mol. The minimum Gasteiger partial charge on any atom is -0.303 e. The Bertz CT molecular complexity index is 177. The molecule has 0 aliphatic heterocycles. The molecular weight excluding hydrogens is 162 g/mol. The van der Waals surface area contributed by atoms with Gasteiger partial charge < -0.3 is 4.79 Å². The molecule has 13 heavy (non-hydrogen) atoms. The number of rotatable bonds is 6. The lowest BCUT2D eigenvalue weighted by atomic mass is 9.89. The quantitative estimate of drug-likeness (QED) is 0.588. The normalized spacial score (nSPS) is 21.5. The maximum Gasteiger partial charge on any atom is 0.127 e. The van der Waals surface area contributed by atoms with Crippen LogP contribution in [0.15, 0.2) is 0 Å². The van der Waals surface area contributed by atoms with Crippen LogP contribution in [-0.4, -0.2) is 30.3 Å². The van der Waals surface area contributed by atoms with Gasteiger partial charge in [-0.1, -0.05) is 20.8 Å². The van der Waals surface area contributed by atoms with E-state index < -0.39 is 0 Å². The van der Waals surface area contributed by atoms with Crippen LogP contribution in [0, 0.1) is 5.41 Å². The van der Waals surface area contributed by atoms with Gasteiger partial charge in [-0.25, -0.2) is 0 Å². The molecule has 0 amide bonds. The van der Waals surface area contributed by atoms with Gasteiger partial charge in [-0.2, -0.15) is 0 Å². The Morgan fingerprint density at radius 1 is 1.46 bits per heavy atom. The van der Waals surface area contributed by atoms with Crippen molar-refractivity contribution in [3.63, 3.8) is 0 Å². The third kappa shape index (κ3) is 2.80. The van der Waals surface area contributed by atoms with Crippen molar-refractivity contribution in [1.82, 2.24) is 4.90 Å². The van der Waals surface area contributed by atoms with E-state index in [0.717, 1.165) is 31.8 Å². The fourth-order valence-electron chi connectivity index (χ4n) is 1.64. The molecule has 0 heterocycles. The van der Waals surface area contributed by atoms with Crippen molar-refractivity contribution in [3.05, 3.63) is 0 Å². The summed E-state index contributed by atoms with van der Waals surface area (Å²) in [7, 11) is 0. The van der Waals surface area contributed by atoms with Crippen molar-refractivity contribution in [2.45, 2.75) is 46.1 Å². The first-order chi connectivity index (χ1) is 6.15. The average Bonchev–Trinajstić information content (AvgIpc) is 2.97. The lowest BCUT2D eigenvalue weighted by molar-refractivity contribution is -0.116. The number of carbonyl (C=O) groups is 1. The molecule has 0 aromatic carbocycles. The molecule has 1 atom stereocenters. The van der Waals surface area contributed by atoms with E-state index in [1.165, 1.54) is 12.8 Å². The van der Waals surface area contributed by atoms with Crippen LogP contribution in [0.25, 0.3) is 0 Å². The van der Waals surface area contributed by atoms with Gasteiger partial charge >= 0.3 is 0 Å². The summed E-state index contributed by atoms with van der Waals surface area (Å²) in [5.41, 5.74) is -0.126. The first-order valence-electron chi connectivity index (χ1n) is 5.35. The van der Waals surface area contributed by atoms with Gasteiger partial charge in [0.25, 0.3) is 0 Å². The molecule has 0 aromatic rings. The number of hydrogen-bond donors (Lipinski definition) is 0. The van der Waals surface area contributed by atoms with Gasteiger partial charge in [0.05, 0.1) is 0 Å². The molecule has 1 saturated carbocycles. The average molecular weight is 183 g/mol. The van der Waals surface area contributed by atoms with Gasteiger partial charge in [0.15, 0.2) is 0 Å². The third-order valence-electron chi connectivity index (χ3n) is 3.13. The molecule has 2 heteroatoms. The van der Waals surface area contributed by atoms with Crippen LogP contribution in [0.3, 0.4) is 0 Å². The Balaban J connectivity index is 2.46. The fourth-order valence-corrected chi connectivity index (χ4v) is 1.64. The molecular formula is C11H21NO. The van der Waals surface area contributed by atoms with E-state index in [1.54, 1.807) is 0 Å². The molecule has 1 aliphatic carbocycles. The zero-order valence-corrected chi connectivity index (χ0v) is 9.05. The molecule has 0 bridgehead atoms. The Kier molecular flexibility index (Phi) is 3.48. The third-order valence-corrected chi connectivity index (χ3v) is 3.13. The number of hydrogen-bond acceptors (Lipinski definition) is 2. The molecule has 2 nitrogen and oxygen atoms in total. The lowest BCUT2D eigenvalue weighted by Gasteiger charge is -2.29. The molecule has 1 aliphatic rings. The highest BCUT2D eigenvalue weighted by Gasteiger charge is 2.33. The summed E-state index contributed by atoms with van der Waals surface area (Å²) in [5, 5.41) is 0. The zero-order chi connectivity index (χ0) is 9.90. The summed E-state index contributed by atoms with van der Waals surface area (Å²) in [6.45, 7) is 8.35. The largest absolute Gasteiger partial charge is 0.303 e. The highest BCUT2D eigenvalue weighted by molar-refractivity contribution is 5.58. The predicted octanol–water partition coefficient (Wildman–Crippen LogP) is 2.09. The Morgan fingerprint density at radius 2 is 2.08 bits per heavy atom. The van der Waals surface area contributed by atoms with Crippen LogP contribution in [0.5, 0.6) is 0 Å². The zero-order valence-electron chi connectivity index (χ0n) is 9.05. The maximum absolute atomic E-state index is 10.9. The standard InChI is InChI=1S/C11H21NO/c1-4-11(3,9-13)8-12(5-2)10-6-7-10/h9-10H,4-8H2,1-3H3. The first kappa shape index (κ1) is 10.7. The van der Waals surface area contributed by atoms with E-state index in [0.29, 0.717) is 0 Å². The topological polar surface area (TPSA) is 20.3 Å². The van der Waals surface area contributed by atoms with Crippen LogP contribution < -0.4 is 0 Å². The van der Waals surface area contributed by atoms with E-state index in [1.807, 2.05) is 0 Å². The van der Waals surface area contributed by atoms with E-state index >= 15 is 0 Å². The summed E-state index contributed by atoms with van der Waals surface area (Å²) >= 11 is 0. The van der Waals surface area contributed by atoms with Crippen molar-refractivity contribution in [2.24, 2.45) is 5.41 Å². The van der Waals surface area contributed by atoms with Crippen molar-refractivity contribution in [3.8, 4) is 0 Å². The minimum atomic E-state index is -0.126. The summed E-state index contributed by atoms with van der Waals surface area (Å²) in [5.74, 6) is 0. The van der Waals surface area contributed by atoms with Gasteiger partial charge in [-0.05, 0) is 25.8 Å². The van der Waals surface area contributed by atoms with Gasteiger partial charge in [0.2, 0.25) is 0 Å². The van der Waals surface area contributed by atoms with Crippen molar-refractivity contribution in [2.75, 3.05) is 13.1 Å². The van der Waals surface area contributed by atoms with Gasteiger partial charge in [0.1, 0.15) is 6.29 Å². The van der Waals surface area contributed by atoms with Gasteiger partial charge in [-0.3, -0.25) is 4.90 Å².